The lowest BCUT2D eigenvalue weighted by atomic mass is 10.2. The molecule has 0 saturated heterocycles. The predicted octanol–water partition coefficient (Wildman–Crippen LogP) is 3.56. The molecule has 3 aromatic rings. The maximum atomic E-state index is 12.4. The van der Waals surface area contributed by atoms with E-state index in [1.807, 2.05) is 6.07 Å². The van der Waals surface area contributed by atoms with Crippen molar-refractivity contribution in [2.75, 3.05) is 0 Å². The van der Waals surface area contributed by atoms with Gasteiger partial charge in [-0.25, -0.2) is 4.68 Å². The van der Waals surface area contributed by atoms with Gasteiger partial charge in [0.15, 0.2) is 0 Å². The molecule has 1 heterocycles. The fourth-order valence-electron chi connectivity index (χ4n) is 2.39. The van der Waals surface area contributed by atoms with Gasteiger partial charge in [-0.1, -0.05) is 41.4 Å². The fourth-order valence-corrected chi connectivity index (χ4v) is 2.80. The van der Waals surface area contributed by atoms with E-state index in [1.165, 1.54) is 6.20 Å². The van der Waals surface area contributed by atoms with Gasteiger partial charge in [0.05, 0.1) is 33.7 Å². The van der Waals surface area contributed by atoms with Gasteiger partial charge in [0.1, 0.15) is 0 Å². The van der Waals surface area contributed by atoms with Crippen LogP contribution >= 0.6 is 23.2 Å². The summed E-state index contributed by atoms with van der Waals surface area (Å²) in [7, 11) is 0. The number of benzene rings is 2. The lowest BCUT2D eigenvalue weighted by Crippen LogP contribution is -2.41. The summed E-state index contributed by atoms with van der Waals surface area (Å²) in [5.41, 5.74) is 6.63. The van der Waals surface area contributed by atoms with Crippen molar-refractivity contribution in [3.05, 3.63) is 81.6 Å². The average Bonchev–Trinajstić information content (AvgIpc) is 3.01. The third-order valence-electron chi connectivity index (χ3n) is 3.72. The molecule has 0 radical (unpaired) electrons. The minimum atomic E-state index is -0.510. The van der Waals surface area contributed by atoms with Crippen molar-refractivity contribution < 1.29 is 9.59 Å². The third kappa shape index (κ3) is 3.71. The molecule has 0 saturated carbocycles. The summed E-state index contributed by atoms with van der Waals surface area (Å²) >= 11 is 12.0. The van der Waals surface area contributed by atoms with Crippen LogP contribution in [0.15, 0.2) is 54.7 Å². The van der Waals surface area contributed by atoms with Crippen LogP contribution < -0.4 is 10.9 Å². The van der Waals surface area contributed by atoms with Gasteiger partial charge >= 0.3 is 0 Å². The molecule has 0 atom stereocenters. The van der Waals surface area contributed by atoms with E-state index in [1.54, 1.807) is 54.1 Å². The van der Waals surface area contributed by atoms with Crippen molar-refractivity contribution in [2.24, 2.45) is 0 Å². The van der Waals surface area contributed by atoms with E-state index in [0.29, 0.717) is 21.3 Å². The highest BCUT2D eigenvalue weighted by molar-refractivity contribution is 6.33. The van der Waals surface area contributed by atoms with Crippen molar-refractivity contribution in [1.82, 2.24) is 20.6 Å². The number of carbonyl (C=O) groups is 2. The van der Waals surface area contributed by atoms with Gasteiger partial charge in [-0.15, -0.1) is 0 Å². The first-order chi connectivity index (χ1) is 12.5. The largest absolute Gasteiger partial charge is 0.273 e. The summed E-state index contributed by atoms with van der Waals surface area (Å²) in [5.74, 6) is -1.000. The molecular weight excluding hydrogens is 375 g/mol. The Morgan fingerprint density at radius 2 is 1.65 bits per heavy atom. The van der Waals surface area contributed by atoms with Crippen LogP contribution in [0.1, 0.15) is 26.4 Å². The summed E-state index contributed by atoms with van der Waals surface area (Å²) < 4.78 is 1.59. The number of hydrogen-bond acceptors (Lipinski definition) is 3. The molecular formula is C18H14Cl2N4O2. The Morgan fingerprint density at radius 1 is 0.962 bits per heavy atom. The molecule has 2 amide bonds. The van der Waals surface area contributed by atoms with Gasteiger partial charge < -0.3 is 0 Å². The summed E-state index contributed by atoms with van der Waals surface area (Å²) in [4.78, 5) is 24.5. The van der Waals surface area contributed by atoms with Crippen LogP contribution in [0.4, 0.5) is 0 Å². The molecule has 3 rings (SSSR count). The SMILES string of the molecule is Cc1c(C(=O)NNC(=O)c2ccccc2Cl)cnn1-c1cccc(Cl)c1. The lowest BCUT2D eigenvalue weighted by molar-refractivity contribution is 0.0846. The number of nitrogens with one attached hydrogen (secondary N) is 2. The Kier molecular flexibility index (Phi) is 5.25. The first kappa shape index (κ1) is 18.0. The van der Waals surface area contributed by atoms with E-state index in [-0.39, 0.29) is 5.56 Å². The zero-order valence-corrected chi connectivity index (χ0v) is 15.2. The van der Waals surface area contributed by atoms with Crippen LogP contribution in [0.3, 0.4) is 0 Å². The van der Waals surface area contributed by atoms with E-state index >= 15 is 0 Å². The van der Waals surface area contributed by atoms with E-state index in [9.17, 15) is 9.59 Å². The molecule has 26 heavy (non-hydrogen) atoms. The van der Waals surface area contributed by atoms with Gasteiger partial charge in [0.2, 0.25) is 0 Å². The van der Waals surface area contributed by atoms with Crippen molar-refractivity contribution >= 4 is 35.0 Å². The second-order valence-corrected chi connectivity index (χ2v) is 6.27. The number of amides is 2. The van der Waals surface area contributed by atoms with Crippen molar-refractivity contribution in [3.63, 3.8) is 0 Å². The lowest BCUT2D eigenvalue weighted by Gasteiger charge is -2.09. The van der Waals surface area contributed by atoms with Crippen LogP contribution in [0.25, 0.3) is 5.69 Å². The van der Waals surface area contributed by atoms with E-state index in [2.05, 4.69) is 16.0 Å². The first-order valence-corrected chi connectivity index (χ1v) is 8.38. The average molecular weight is 389 g/mol. The molecule has 0 unspecified atom stereocenters. The predicted molar refractivity (Wildman–Crippen MR) is 99.7 cm³/mol. The normalized spacial score (nSPS) is 10.4. The van der Waals surface area contributed by atoms with Crippen molar-refractivity contribution in [1.29, 1.82) is 0 Å². The monoisotopic (exact) mass is 388 g/mol. The minimum absolute atomic E-state index is 0.265. The second kappa shape index (κ2) is 7.59. The van der Waals surface area contributed by atoms with Crippen LogP contribution in [0.2, 0.25) is 10.0 Å². The topological polar surface area (TPSA) is 76.0 Å². The number of aromatic nitrogens is 2. The standard InChI is InChI=1S/C18H14Cl2N4O2/c1-11-15(10-21-24(11)13-6-4-5-12(19)9-13)18(26)23-22-17(25)14-7-2-3-8-16(14)20/h2-10H,1H3,(H,22,25)(H,23,26). The molecule has 0 fully saturated rings. The maximum Gasteiger partial charge on any atom is 0.273 e. The Hall–Kier alpha value is -2.83. The first-order valence-electron chi connectivity index (χ1n) is 7.63. The highest BCUT2D eigenvalue weighted by Gasteiger charge is 2.17. The number of halogens is 2. The Labute approximate surface area is 159 Å². The highest BCUT2D eigenvalue weighted by atomic mass is 35.5. The smallest absolute Gasteiger partial charge is 0.267 e. The maximum absolute atomic E-state index is 12.4. The van der Waals surface area contributed by atoms with Gasteiger partial charge in [-0.05, 0) is 37.3 Å². The molecule has 2 N–H and O–H groups in total. The third-order valence-corrected chi connectivity index (χ3v) is 4.28. The van der Waals surface area contributed by atoms with E-state index in [0.717, 1.165) is 5.69 Å². The van der Waals surface area contributed by atoms with Crippen LogP contribution in [-0.2, 0) is 0 Å². The molecule has 0 aliphatic carbocycles. The van der Waals surface area contributed by atoms with Gasteiger partial charge in [0, 0.05) is 5.02 Å². The molecule has 1 aromatic heterocycles. The highest BCUT2D eigenvalue weighted by Crippen LogP contribution is 2.18. The number of rotatable bonds is 3. The molecule has 2 aromatic carbocycles. The molecule has 132 valence electrons. The molecule has 0 bridgehead atoms. The molecule has 8 heteroatoms. The summed E-state index contributed by atoms with van der Waals surface area (Å²) in [6.45, 7) is 1.75. The van der Waals surface area contributed by atoms with Crippen molar-refractivity contribution in [3.8, 4) is 5.69 Å². The second-order valence-electron chi connectivity index (χ2n) is 5.42. The number of hydrogen-bond donors (Lipinski definition) is 2. The summed E-state index contributed by atoms with van der Waals surface area (Å²) in [6, 6.07) is 13.7. The number of carbonyl (C=O) groups excluding carboxylic acids is 2. The van der Waals surface area contributed by atoms with E-state index in [4.69, 9.17) is 23.2 Å². The zero-order valence-electron chi connectivity index (χ0n) is 13.7. The quantitative estimate of drug-likeness (QED) is 0.673. The summed E-state index contributed by atoms with van der Waals surface area (Å²) in [5, 5.41) is 5.07. The van der Waals surface area contributed by atoms with Crippen LogP contribution in [-0.4, -0.2) is 21.6 Å². The number of hydrazine groups is 1. The molecule has 6 nitrogen and oxygen atoms in total. The Balaban J connectivity index is 1.73. The van der Waals surface area contributed by atoms with Gasteiger partial charge in [-0.2, -0.15) is 5.10 Å². The van der Waals surface area contributed by atoms with E-state index < -0.39 is 11.8 Å². The van der Waals surface area contributed by atoms with Gasteiger partial charge in [-0.3, -0.25) is 20.4 Å². The Bertz CT molecular complexity index is 985. The van der Waals surface area contributed by atoms with Crippen LogP contribution in [0.5, 0.6) is 0 Å². The van der Waals surface area contributed by atoms with Crippen LogP contribution in [0, 0.1) is 6.92 Å². The van der Waals surface area contributed by atoms with Gasteiger partial charge in [0.25, 0.3) is 11.8 Å². The number of nitrogens with zero attached hydrogens (tertiary/aromatic N) is 2. The molecule has 0 spiro atoms. The summed E-state index contributed by atoms with van der Waals surface area (Å²) in [6.07, 6.45) is 1.42. The zero-order chi connectivity index (χ0) is 18.7. The van der Waals surface area contributed by atoms with Crippen molar-refractivity contribution in [2.45, 2.75) is 6.92 Å². The molecule has 0 aliphatic rings. The minimum Gasteiger partial charge on any atom is -0.267 e. The molecule has 0 aliphatic heterocycles. The Morgan fingerprint density at radius 3 is 2.35 bits per heavy atom. The fraction of sp³-hybridized carbons (Fsp3) is 0.0556.